The van der Waals surface area contributed by atoms with Crippen LogP contribution in [0.2, 0.25) is 0 Å². The van der Waals surface area contributed by atoms with Crippen LogP contribution < -0.4 is 4.90 Å². The van der Waals surface area contributed by atoms with E-state index in [1.54, 1.807) is 6.33 Å². The molecule has 3 aliphatic rings. The number of aromatic nitrogens is 2. The zero-order valence-electron chi connectivity index (χ0n) is 17.6. The molecule has 156 valence electrons. The summed E-state index contributed by atoms with van der Waals surface area (Å²) in [7, 11) is 2.18. The van der Waals surface area contributed by atoms with Crippen molar-refractivity contribution in [3.63, 3.8) is 0 Å². The number of H-pyrrole nitrogens is 1. The molecule has 7 heteroatoms. The molecule has 3 aromatic rings. The number of amidine groups is 2. The molecule has 0 saturated carbocycles. The number of nitrogens with zero attached hydrogens (tertiary/aromatic N) is 6. The molecular formula is C24H25N7. The third-order valence-electron chi connectivity index (χ3n) is 6.31. The van der Waals surface area contributed by atoms with E-state index < -0.39 is 0 Å². The molecule has 0 spiro atoms. The van der Waals surface area contributed by atoms with Crippen molar-refractivity contribution < 1.29 is 0 Å². The minimum absolute atomic E-state index is 0.807. The lowest BCUT2D eigenvalue weighted by Gasteiger charge is -2.34. The predicted molar refractivity (Wildman–Crippen MR) is 126 cm³/mol. The predicted octanol–water partition coefficient (Wildman–Crippen LogP) is 3.13. The zero-order chi connectivity index (χ0) is 20.8. The van der Waals surface area contributed by atoms with E-state index in [9.17, 15) is 0 Å². The Balaban J connectivity index is 1.34. The second-order valence-corrected chi connectivity index (χ2v) is 8.33. The molecule has 4 heterocycles. The number of aliphatic imine (C=N–C) groups is 2. The van der Waals surface area contributed by atoms with Gasteiger partial charge in [-0.15, -0.1) is 0 Å². The standard InChI is InChI=1S/C24H25N7/c1-29-10-12-30(13-11-29)18-4-5-19-21(15-18)28-23(31-9-8-25-24(19)31)7-3-17-2-6-20-22(14-17)27-16-26-20/h2-7,14-16H,8-13H2,1H3,(H,26,27). The van der Waals surface area contributed by atoms with Crippen molar-refractivity contribution in [3.05, 3.63) is 59.9 Å². The minimum atomic E-state index is 0.807. The molecule has 1 fully saturated rings. The quantitative estimate of drug-likeness (QED) is 0.719. The first-order valence-corrected chi connectivity index (χ1v) is 10.8. The number of nitrogens with one attached hydrogen (secondary N) is 1. The number of rotatable bonds is 3. The molecule has 0 amide bonds. The second kappa shape index (κ2) is 7.35. The summed E-state index contributed by atoms with van der Waals surface area (Å²) in [6.45, 7) is 5.97. The van der Waals surface area contributed by atoms with Crippen molar-refractivity contribution in [2.45, 2.75) is 0 Å². The molecule has 6 rings (SSSR count). The van der Waals surface area contributed by atoms with E-state index in [4.69, 9.17) is 9.98 Å². The van der Waals surface area contributed by atoms with Gasteiger partial charge in [0.2, 0.25) is 0 Å². The summed E-state index contributed by atoms with van der Waals surface area (Å²) in [5, 5.41) is 0. The lowest BCUT2D eigenvalue weighted by Crippen LogP contribution is -2.44. The molecule has 1 aromatic heterocycles. The van der Waals surface area contributed by atoms with Crippen LogP contribution in [0.3, 0.4) is 0 Å². The van der Waals surface area contributed by atoms with Crippen molar-refractivity contribution in [3.8, 4) is 0 Å². The van der Waals surface area contributed by atoms with Crippen LogP contribution in [0.5, 0.6) is 0 Å². The van der Waals surface area contributed by atoms with Crippen LogP contribution in [0, 0.1) is 0 Å². The van der Waals surface area contributed by atoms with E-state index in [2.05, 4.69) is 74.2 Å². The topological polar surface area (TPSA) is 63.1 Å². The minimum Gasteiger partial charge on any atom is -0.369 e. The van der Waals surface area contributed by atoms with Crippen molar-refractivity contribution in [1.82, 2.24) is 19.8 Å². The molecular weight excluding hydrogens is 386 g/mol. The second-order valence-electron chi connectivity index (χ2n) is 8.33. The summed E-state index contributed by atoms with van der Waals surface area (Å²) in [6.07, 6.45) is 5.94. The average molecular weight is 412 g/mol. The van der Waals surface area contributed by atoms with Gasteiger partial charge in [0.05, 0.1) is 29.6 Å². The van der Waals surface area contributed by atoms with Crippen LogP contribution in [-0.2, 0) is 0 Å². The summed E-state index contributed by atoms with van der Waals surface area (Å²) < 4.78 is 0. The number of piperazine rings is 1. The Bertz CT molecular complexity index is 1230. The molecule has 0 atom stereocenters. The number of benzene rings is 2. The average Bonchev–Trinajstić information content (AvgIpc) is 3.47. The van der Waals surface area contributed by atoms with Crippen LogP contribution in [-0.4, -0.2) is 77.8 Å². The molecule has 1 N–H and O–H groups in total. The molecule has 0 bridgehead atoms. The van der Waals surface area contributed by atoms with Crippen LogP contribution in [0.25, 0.3) is 17.1 Å². The highest BCUT2D eigenvalue weighted by atomic mass is 15.3. The molecule has 2 aromatic carbocycles. The van der Waals surface area contributed by atoms with Gasteiger partial charge in [-0.05, 0) is 49.0 Å². The fraction of sp³-hybridized carbons (Fsp3) is 0.292. The molecule has 3 aliphatic heterocycles. The van der Waals surface area contributed by atoms with Gasteiger partial charge in [0, 0.05) is 44.0 Å². The molecule has 7 nitrogen and oxygen atoms in total. The monoisotopic (exact) mass is 411 g/mol. The number of anilines is 1. The summed E-state index contributed by atoms with van der Waals surface area (Å²) in [5.41, 5.74) is 6.53. The van der Waals surface area contributed by atoms with Crippen LogP contribution in [0.15, 0.2) is 58.8 Å². The number of hydrogen-bond donors (Lipinski definition) is 1. The SMILES string of the molecule is CN1CCN(c2ccc3c(c2)N=C(C=Cc2ccc4nc[nH]c4c2)N2CCN=C32)CC1. The number of likely N-dealkylation sites (N-methyl/N-ethyl adjacent to an activating group) is 1. The maximum absolute atomic E-state index is 5.04. The van der Waals surface area contributed by atoms with Gasteiger partial charge in [-0.2, -0.15) is 0 Å². The fourth-order valence-electron chi connectivity index (χ4n) is 4.50. The van der Waals surface area contributed by atoms with Crippen molar-refractivity contribution in [2.24, 2.45) is 9.98 Å². The Morgan fingerprint density at radius 1 is 0.968 bits per heavy atom. The van der Waals surface area contributed by atoms with Gasteiger partial charge < -0.3 is 19.7 Å². The van der Waals surface area contributed by atoms with E-state index in [1.165, 1.54) is 5.69 Å². The van der Waals surface area contributed by atoms with Crippen LogP contribution in [0.4, 0.5) is 11.4 Å². The molecule has 0 unspecified atom stereocenters. The van der Waals surface area contributed by atoms with Crippen LogP contribution >= 0.6 is 0 Å². The van der Waals surface area contributed by atoms with Crippen molar-refractivity contribution in [2.75, 3.05) is 51.2 Å². The summed E-state index contributed by atoms with van der Waals surface area (Å²) in [5.74, 6) is 1.99. The summed E-state index contributed by atoms with van der Waals surface area (Å²) in [6, 6.07) is 12.9. The number of hydrogen-bond acceptors (Lipinski definition) is 6. The fourth-order valence-corrected chi connectivity index (χ4v) is 4.50. The lowest BCUT2D eigenvalue weighted by molar-refractivity contribution is 0.313. The highest BCUT2D eigenvalue weighted by molar-refractivity contribution is 6.19. The maximum atomic E-state index is 5.04. The molecule has 1 saturated heterocycles. The smallest absolute Gasteiger partial charge is 0.138 e. The first-order valence-electron chi connectivity index (χ1n) is 10.8. The highest BCUT2D eigenvalue weighted by Crippen LogP contribution is 2.33. The first-order chi connectivity index (χ1) is 15.2. The Hall–Kier alpha value is -3.45. The van der Waals surface area contributed by atoms with Gasteiger partial charge in [0.15, 0.2) is 0 Å². The molecule has 31 heavy (non-hydrogen) atoms. The zero-order valence-corrected chi connectivity index (χ0v) is 17.6. The first kappa shape index (κ1) is 18.3. The summed E-state index contributed by atoms with van der Waals surface area (Å²) >= 11 is 0. The van der Waals surface area contributed by atoms with Gasteiger partial charge in [0.1, 0.15) is 11.7 Å². The highest BCUT2D eigenvalue weighted by Gasteiger charge is 2.28. The number of fused-ring (bicyclic) bond motifs is 4. The third kappa shape index (κ3) is 3.31. The lowest BCUT2D eigenvalue weighted by atomic mass is 10.1. The van der Waals surface area contributed by atoms with Crippen LogP contribution in [0.1, 0.15) is 11.1 Å². The van der Waals surface area contributed by atoms with E-state index in [-0.39, 0.29) is 0 Å². The Labute approximate surface area is 181 Å². The van der Waals surface area contributed by atoms with Crippen molar-refractivity contribution in [1.29, 1.82) is 0 Å². The number of aromatic amines is 1. The normalized spacial score (nSPS) is 19.0. The Kier molecular flexibility index (Phi) is 4.35. The van der Waals surface area contributed by atoms with E-state index >= 15 is 0 Å². The summed E-state index contributed by atoms with van der Waals surface area (Å²) in [4.78, 5) is 24.4. The van der Waals surface area contributed by atoms with Gasteiger partial charge in [0.25, 0.3) is 0 Å². The van der Waals surface area contributed by atoms with Gasteiger partial charge >= 0.3 is 0 Å². The van der Waals surface area contributed by atoms with E-state index in [1.807, 2.05) is 6.07 Å². The molecule has 0 radical (unpaired) electrons. The largest absolute Gasteiger partial charge is 0.369 e. The Morgan fingerprint density at radius 2 is 1.87 bits per heavy atom. The van der Waals surface area contributed by atoms with E-state index in [0.717, 1.165) is 78.8 Å². The van der Waals surface area contributed by atoms with Gasteiger partial charge in [-0.1, -0.05) is 12.1 Å². The van der Waals surface area contributed by atoms with Crippen molar-refractivity contribution >= 4 is 40.2 Å². The van der Waals surface area contributed by atoms with Gasteiger partial charge in [-0.25, -0.2) is 9.98 Å². The number of imidazole rings is 1. The van der Waals surface area contributed by atoms with Gasteiger partial charge in [-0.3, -0.25) is 4.99 Å². The van der Waals surface area contributed by atoms with E-state index in [0.29, 0.717) is 0 Å². The molecule has 0 aliphatic carbocycles. The Morgan fingerprint density at radius 3 is 2.77 bits per heavy atom. The maximum Gasteiger partial charge on any atom is 0.138 e. The third-order valence-corrected chi connectivity index (χ3v) is 6.31.